The van der Waals surface area contributed by atoms with Crippen LogP contribution >= 0.6 is 24.8 Å². The van der Waals surface area contributed by atoms with E-state index in [9.17, 15) is 0 Å². The molecule has 1 fully saturated rings. The van der Waals surface area contributed by atoms with E-state index in [4.69, 9.17) is 0 Å². The van der Waals surface area contributed by atoms with Gasteiger partial charge in [-0.25, -0.2) is 0 Å². The molecule has 1 N–H and O–H groups in total. The van der Waals surface area contributed by atoms with E-state index in [1.807, 2.05) is 0 Å². The van der Waals surface area contributed by atoms with Gasteiger partial charge >= 0.3 is 0 Å². The van der Waals surface area contributed by atoms with Gasteiger partial charge in [0.15, 0.2) is 0 Å². The van der Waals surface area contributed by atoms with Gasteiger partial charge in [-0.2, -0.15) is 0 Å². The van der Waals surface area contributed by atoms with Gasteiger partial charge in [0.05, 0.1) is 0 Å². The van der Waals surface area contributed by atoms with Crippen molar-refractivity contribution >= 4 is 24.8 Å². The summed E-state index contributed by atoms with van der Waals surface area (Å²) in [6, 6.07) is 0.689. The van der Waals surface area contributed by atoms with Crippen molar-refractivity contribution in [1.82, 2.24) is 10.2 Å². The Kier molecular flexibility index (Phi) is 8.17. The highest BCUT2D eigenvalue weighted by atomic mass is 35.5. The monoisotopic (exact) mass is 186 g/mol. The second-order valence-electron chi connectivity index (χ2n) is 2.62. The highest BCUT2D eigenvalue weighted by Crippen LogP contribution is 1.92. The summed E-state index contributed by atoms with van der Waals surface area (Å²) in [5, 5.41) is 3.37. The van der Waals surface area contributed by atoms with Gasteiger partial charge in [-0.15, -0.1) is 24.8 Å². The Hall–Kier alpha value is 0.500. The van der Waals surface area contributed by atoms with E-state index >= 15 is 0 Å². The zero-order valence-corrected chi connectivity index (χ0v) is 8.10. The highest BCUT2D eigenvalue weighted by Gasteiger charge is 2.09. The molecule has 1 aliphatic rings. The third-order valence-corrected chi connectivity index (χ3v) is 1.57. The molecule has 0 aromatic carbocycles. The zero-order valence-electron chi connectivity index (χ0n) is 6.46. The highest BCUT2D eigenvalue weighted by molar-refractivity contribution is 5.85. The molecule has 0 amide bonds. The molecule has 0 aliphatic carbocycles. The molecule has 10 heavy (non-hydrogen) atoms. The lowest BCUT2D eigenvalue weighted by Crippen LogP contribution is -2.47. The van der Waals surface area contributed by atoms with Crippen LogP contribution in [-0.4, -0.2) is 37.6 Å². The van der Waals surface area contributed by atoms with E-state index in [-0.39, 0.29) is 24.8 Å². The van der Waals surface area contributed by atoms with E-state index in [0.717, 1.165) is 6.54 Å². The third-order valence-electron chi connectivity index (χ3n) is 1.57. The maximum absolute atomic E-state index is 3.37. The van der Waals surface area contributed by atoms with Crippen molar-refractivity contribution in [3.05, 3.63) is 0 Å². The average Bonchev–Trinajstić information content (AvgIpc) is 1.64. The average molecular weight is 187 g/mol. The maximum Gasteiger partial charge on any atom is 0.0167 e. The molecule has 1 rings (SSSR count). The van der Waals surface area contributed by atoms with E-state index in [1.165, 1.54) is 13.1 Å². The van der Waals surface area contributed by atoms with Crippen LogP contribution in [0.3, 0.4) is 0 Å². The van der Waals surface area contributed by atoms with Crippen molar-refractivity contribution in [3.63, 3.8) is 0 Å². The van der Waals surface area contributed by atoms with Crippen LogP contribution < -0.4 is 5.32 Å². The van der Waals surface area contributed by atoms with Gasteiger partial charge in [0.25, 0.3) is 0 Å². The van der Waals surface area contributed by atoms with Gasteiger partial charge < -0.3 is 10.2 Å². The van der Waals surface area contributed by atoms with Crippen LogP contribution in [0.15, 0.2) is 0 Å². The molecular weight excluding hydrogens is 171 g/mol. The number of nitrogens with zero attached hydrogens (tertiary/aromatic N) is 1. The summed E-state index contributed by atoms with van der Waals surface area (Å²) >= 11 is 0. The fourth-order valence-corrected chi connectivity index (χ4v) is 1.13. The van der Waals surface area contributed by atoms with Crippen LogP contribution in [-0.2, 0) is 0 Å². The molecule has 1 aliphatic heterocycles. The number of halogens is 2. The smallest absolute Gasteiger partial charge is 0.0167 e. The molecule has 0 aromatic rings. The van der Waals surface area contributed by atoms with Crippen molar-refractivity contribution in [2.75, 3.05) is 26.7 Å². The van der Waals surface area contributed by atoms with Gasteiger partial charge in [0.1, 0.15) is 0 Å². The van der Waals surface area contributed by atoms with Crippen molar-refractivity contribution in [3.8, 4) is 0 Å². The molecule has 0 saturated carbocycles. The Morgan fingerprint density at radius 2 is 2.00 bits per heavy atom. The minimum atomic E-state index is 0. The Labute approximate surface area is 75.2 Å². The number of hydrogen-bond acceptors (Lipinski definition) is 2. The Balaban J connectivity index is 0. The second kappa shape index (κ2) is 6.23. The Morgan fingerprint density at radius 1 is 1.40 bits per heavy atom. The van der Waals surface area contributed by atoms with Gasteiger partial charge in [-0.3, -0.25) is 0 Å². The lowest BCUT2D eigenvalue weighted by atomic mass is 10.2. The number of hydrogen-bond donors (Lipinski definition) is 1. The van der Waals surface area contributed by atoms with Gasteiger partial charge in [0.2, 0.25) is 0 Å². The summed E-state index contributed by atoms with van der Waals surface area (Å²) in [5.74, 6) is 0. The largest absolute Gasteiger partial charge is 0.312 e. The molecule has 1 atom stereocenters. The summed E-state index contributed by atoms with van der Waals surface area (Å²) in [6.07, 6.45) is 0. The number of rotatable bonds is 0. The number of piperazine rings is 1. The van der Waals surface area contributed by atoms with Crippen LogP contribution in [0.4, 0.5) is 0 Å². The van der Waals surface area contributed by atoms with E-state index in [1.54, 1.807) is 0 Å². The maximum atomic E-state index is 3.37. The second-order valence-corrected chi connectivity index (χ2v) is 2.62. The Bertz CT molecular complexity index is 72.1. The minimum Gasteiger partial charge on any atom is -0.312 e. The van der Waals surface area contributed by atoms with Crippen LogP contribution in [0.25, 0.3) is 0 Å². The van der Waals surface area contributed by atoms with Crippen LogP contribution in [0.2, 0.25) is 0 Å². The van der Waals surface area contributed by atoms with Crippen molar-refractivity contribution < 1.29 is 0 Å². The zero-order chi connectivity index (χ0) is 5.98. The van der Waals surface area contributed by atoms with E-state index < -0.39 is 0 Å². The lowest BCUT2D eigenvalue weighted by Gasteiger charge is -2.28. The molecule has 64 valence electrons. The predicted molar refractivity (Wildman–Crippen MR) is 49.5 cm³/mol. The van der Waals surface area contributed by atoms with Gasteiger partial charge in [-0.1, -0.05) is 0 Å². The molecule has 1 heterocycles. The fourth-order valence-electron chi connectivity index (χ4n) is 1.13. The number of nitrogens with one attached hydrogen (secondary N) is 1. The SMILES string of the molecule is CC1CN(C)CCN1.Cl.Cl. The molecule has 4 heteroatoms. The standard InChI is InChI=1S/C6H14N2.2ClH/c1-6-5-8(2)4-3-7-6;;/h6-7H,3-5H2,1-2H3;2*1H. The van der Waals surface area contributed by atoms with E-state index in [0.29, 0.717) is 6.04 Å². The first-order valence-corrected chi connectivity index (χ1v) is 3.21. The topological polar surface area (TPSA) is 15.3 Å². The fraction of sp³-hybridized carbons (Fsp3) is 1.00. The molecule has 1 saturated heterocycles. The van der Waals surface area contributed by atoms with Crippen LogP contribution in [0, 0.1) is 0 Å². The van der Waals surface area contributed by atoms with Crippen molar-refractivity contribution in [2.45, 2.75) is 13.0 Å². The molecule has 2 nitrogen and oxygen atoms in total. The third kappa shape index (κ3) is 4.34. The first-order chi connectivity index (χ1) is 3.79. The quantitative estimate of drug-likeness (QED) is 0.602. The van der Waals surface area contributed by atoms with Gasteiger partial charge in [-0.05, 0) is 14.0 Å². The summed E-state index contributed by atoms with van der Waals surface area (Å²) < 4.78 is 0. The van der Waals surface area contributed by atoms with Crippen LogP contribution in [0.5, 0.6) is 0 Å². The van der Waals surface area contributed by atoms with Crippen molar-refractivity contribution in [2.24, 2.45) is 0 Å². The van der Waals surface area contributed by atoms with Crippen LogP contribution in [0.1, 0.15) is 6.92 Å². The normalized spacial score (nSPS) is 26.4. The first-order valence-electron chi connectivity index (χ1n) is 3.21. The Morgan fingerprint density at radius 3 is 2.30 bits per heavy atom. The first kappa shape index (κ1) is 13.1. The molecule has 0 radical (unpaired) electrons. The number of likely N-dealkylation sites (N-methyl/N-ethyl adjacent to an activating group) is 1. The lowest BCUT2D eigenvalue weighted by molar-refractivity contribution is 0.248. The minimum absolute atomic E-state index is 0. The molecule has 1 unspecified atom stereocenters. The van der Waals surface area contributed by atoms with Crippen molar-refractivity contribution in [1.29, 1.82) is 0 Å². The molecule has 0 aromatic heterocycles. The summed E-state index contributed by atoms with van der Waals surface area (Å²) in [5.41, 5.74) is 0. The van der Waals surface area contributed by atoms with Gasteiger partial charge in [0, 0.05) is 25.7 Å². The summed E-state index contributed by atoms with van der Waals surface area (Å²) in [7, 11) is 2.16. The van der Waals surface area contributed by atoms with E-state index in [2.05, 4.69) is 24.2 Å². The molecular formula is C6H16Cl2N2. The molecule has 0 spiro atoms. The molecule has 0 bridgehead atoms. The predicted octanol–water partition coefficient (Wildman–Crippen LogP) is 0.753. The summed E-state index contributed by atoms with van der Waals surface area (Å²) in [4.78, 5) is 2.35. The summed E-state index contributed by atoms with van der Waals surface area (Å²) in [6.45, 7) is 5.76.